The number of hydrogen-bond donors (Lipinski definition) is 1. The molecule has 104 valence electrons. The molecule has 1 N–H and O–H groups in total. The molecule has 0 spiro atoms. The predicted octanol–water partition coefficient (Wildman–Crippen LogP) is 2.19. The summed E-state index contributed by atoms with van der Waals surface area (Å²) in [6.45, 7) is 1.70. The van der Waals surface area contributed by atoms with Gasteiger partial charge in [0, 0.05) is 17.0 Å². The summed E-state index contributed by atoms with van der Waals surface area (Å²) in [6.07, 6.45) is 0. The number of esters is 1. The molecule has 0 saturated carbocycles. The van der Waals surface area contributed by atoms with Crippen LogP contribution in [0.4, 0.5) is 11.4 Å². The lowest BCUT2D eigenvalue weighted by molar-refractivity contribution is -0.384. The fourth-order valence-electron chi connectivity index (χ4n) is 1.12. The van der Waals surface area contributed by atoms with Crippen molar-refractivity contribution in [1.29, 1.82) is 0 Å². The molecule has 0 fully saturated rings. The smallest absolute Gasteiger partial charge is 0.361 e. The van der Waals surface area contributed by atoms with E-state index in [1.165, 1.54) is 24.3 Å². The normalized spacial score (nSPS) is 10.3. The van der Waals surface area contributed by atoms with E-state index in [-0.39, 0.29) is 12.3 Å². The third-order valence-corrected chi connectivity index (χ3v) is 1.97. The molecule has 0 unspecified atom stereocenters. The standard InChI is InChI=1S/C10H10N6O4/c1-2-20-10(17)9(14-15-11)13-12-7-3-5-8(6-4-7)16(18)19/h3-6,12H,2H2,1H3. The Hall–Kier alpha value is -3.13. The van der Waals surface area contributed by atoms with Crippen LogP contribution < -0.4 is 5.43 Å². The van der Waals surface area contributed by atoms with Gasteiger partial charge in [-0.3, -0.25) is 15.5 Å². The minimum Gasteiger partial charge on any atom is -0.461 e. The topological polar surface area (TPSA) is 143 Å². The van der Waals surface area contributed by atoms with Crippen molar-refractivity contribution < 1.29 is 14.5 Å². The second-order valence-corrected chi connectivity index (χ2v) is 3.26. The fourth-order valence-corrected chi connectivity index (χ4v) is 1.12. The van der Waals surface area contributed by atoms with Gasteiger partial charge in [0.05, 0.1) is 17.2 Å². The first-order valence-corrected chi connectivity index (χ1v) is 5.38. The molecule has 0 saturated heterocycles. The monoisotopic (exact) mass is 278 g/mol. The van der Waals surface area contributed by atoms with Crippen LogP contribution in [-0.2, 0) is 9.53 Å². The highest BCUT2D eigenvalue weighted by Crippen LogP contribution is 2.15. The van der Waals surface area contributed by atoms with E-state index in [2.05, 4.69) is 25.3 Å². The molecule has 0 aliphatic heterocycles. The summed E-state index contributed by atoms with van der Waals surface area (Å²) in [5.74, 6) is -1.37. The van der Waals surface area contributed by atoms with Crippen LogP contribution in [0.5, 0.6) is 0 Å². The van der Waals surface area contributed by atoms with E-state index in [1.807, 2.05) is 0 Å². The van der Waals surface area contributed by atoms with Crippen LogP contribution in [0.15, 0.2) is 34.5 Å². The van der Waals surface area contributed by atoms with Gasteiger partial charge in [-0.2, -0.15) is 5.10 Å². The molecule has 0 aromatic heterocycles. The van der Waals surface area contributed by atoms with E-state index in [0.29, 0.717) is 5.69 Å². The lowest BCUT2D eigenvalue weighted by Crippen LogP contribution is -2.16. The maximum Gasteiger partial charge on any atom is 0.361 e. The molecule has 0 aliphatic rings. The molecule has 10 heteroatoms. The Morgan fingerprint density at radius 1 is 1.50 bits per heavy atom. The molecule has 0 radical (unpaired) electrons. The first-order chi connectivity index (χ1) is 9.58. The van der Waals surface area contributed by atoms with Gasteiger partial charge in [0.1, 0.15) is 0 Å². The van der Waals surface area contributed by atoms with Crippen molar-refractivity contribution in [3.05, 3.63) is 44.8 Å². The van der Waals surface area contributed by atoms with Gasteiger partial charge in [-0.15, -0.1) is 0 Å². The third-order valence-electron chi connectivity index (χ3n) is 1.97. The number of ether oxygens (including phenoxy) is 1. The summed E-state index contributed by atoms with van der Waals surface area (Å²) >= 11 is 0. The maximum atomic E-state index is 11.4. The predicted molar refractivity (Wildman–Crippen MR) is 69.9 cm³/mol. The number of nitro benzene ring substituents is 1. The molecular formula is C10H10N6O4. The Morgan fingerprint density at radius 2 is 2.15 bits per heavy atom. The number of nitro groups is 1. The van der Waals surface area contributed by atoms with Crippen LogP contribution in [-0.4, -0.2) is 23.3 Å². The summed E-state index contributed by atoms with van der Waals surface area (Å²) in [5.41, 5.74) is 11.0. The number of carbonyl (C=O) groups excluding carboxylic acids is 1. The first-order valence-electron chi connectivity index (χ1n) is 5.38. The molecule has 0 aliphatic carbocycles. The van der Waals surface area contributed by atoms with Crippen molar-refractivity contribution in [2.24, 2.45) is 10.2 Å². The summed E-state index contributed by atoms with van der Waals surface area (Å²) in [6, 6.07) is 5.30. The molecule has 0 bridgehead atoms. The van der Waals surface area contributed by atoms with E-state index in [0.717, 1.165) is 0 Å². The third kappa shape index (κ3) is 4.27. The SMILES string of the molecule is CCOC(=O)C(N=[N+]=[N-])=NNc1ccc([N+](=O)[O-])cc1. The Labute approximate surface area is 112 Å². The summed E-state index contributed by atoms with van der Waals surface area (Å²) in [5, 5.41) is 17.1. The minimum absolute atomic E-state index is 0.0832. The highest BCUT2D eigenvalue weighted by Gasteiger charge is 2.10. The van der Waals surface area contributed by atoms with Crippen molar-refractivity contribution >= 4 is 23.2 Å². The van der Waals surface area contributed by atoms with E-state index >= 15 is 0 Å². The van der Waals surface area contributed by atoms with Crippen LogP contribution in [0, 0.1) is 10.1 Å². The summed E-state index contributed by atoms with van der Waals surface area (Å²) in [4.78, 5) is 23.7. The van der Waals surface area contributed by atoms with Gasteiger partial charge < -0.3 is 4.74 Å². The number of hydrogen-bond acceptors (Lipinski definition) is 6. The van der Waals surface area contributed by atoms with E-state index in [4.69, 9.17) is 5.53 Å². The molecule has 20 heavy (non-hydrogen) atoms. The minimum atomic E-state index is -0.875. The number of azide groups is 1. The van der Waals surface area contributed by atoms with Crippen LogP contribution in [0.25, 0.3) is 10.4 Å². The van der Waals surface area contributed by atoms with Crippen molar-refractivity contribution in [2.75, 3.05) is 12.0 Å². The van der Waals surface area contributed by atoms with Gasteiger partial charge in [-0.1, -0.05) is 0 Å². The van der Waals surface area contributed by atoms with E-state index < -0.39 is 16.7 Å². The zero-order chi connectivity index (χ0) is 15.0. The highest BCUT2D eigenvalue weighted by molar-refractivity contribution is 6.35. The second-order valence-electron chi connectivity index (χ2n) is 3.26. The summed E-state index contributed by atoms with van der Waals surface area (Å²) in [7, 11) is 0. The van der Waals surface area contributed by atoms with E-state index in [1.54, 1.807) is 6.92 Å². The fraction of sp³-hybridized carbons (Fsp3) is 0.200. The van der Waals surface area contributed by atoms with E-state index in [9.17, 15) is 14.9 Å². The molecule has 10 nitrogen and oxygen atoms in total. The molecule has 1 rings (SSSR count). The van der Waals surface area contributed by atoms with Crippen molar-refractivity contribution in [2.45, 2.75) is 6.92 Å². The maximum absolute atomic E-state index is 11.4. The number of carbonyl (C=O) groups is 1. The largest absolute Gasteiger partial charge is 0.461 e. The zero-order valence-electron chi connectivity index (χ0n) is 10.4. The van der Waals surface area contributed by atoms with Crippen molar-refractivity contribution in [3.63, 3.8) is 0 Å². The quantitative estimate of drug-likeness (QED) is 0.131. The van der Waals surface area contributed by atoms with Crippen molar-refractivity contribution in [1.82, 2.24) is 0 Å². The molecule has 0 atom stereocenters. The zero-order valence-corrected chi connectivity index (χ0v) is 10.4. The Bertz CT molecular complexity index is 576. The highest BCUT2D eigenvalue weighted by atomic mass is 16.6. The van der Waals surface area contributed by atoms with Crippen LogP contribution >= 0.6 is 0 Å². The van der Waals surface area contributed by atoms with Crippen LogP contribution in [0.2, 0.25) is 0 Å². The number of amidine groups is 1. The van der Waals surface area contributed by atoms with Gasteiger partial charge in [-0.05, 0) is 29.7 Å². The molecule has 0 amide bonds. The van der Waals surface area contributed by atoms with Gasteiger partial charge in [0.25, 0.3) is 5.69 Å². The average Bonchev–Trinajstić information content (AvgIpc) is 2.44. The molecule has 1 aromatic rings. The number of hydrazone groups is 1. The Balaban J connectivity index is 2.84. The molecule has 0 heterocycles. The van der Waals surface area contributed by atoms with Gasteiger partial charge >= 0.3 is 5.97 Å². The molecular weight excluding hydrogens is 268 g/mol. The van der Waals surface area contributed by atoms with Gasteiger partial charge in [0.15, 0.2) is 0 Å². The number of non-ortho nitro benzene ring substituents is 1. The Morgan fingerprint density at radius 3 is 2.65 bits per heavy atom. The second kappa shape index (κ2) is 7.34. The number of nitrogens with zero attached hydrogens (tertiary/aromatic N) is 5. The van der Waals surface area contributed by atoms with Crippen LogP contribution in [0.1, 0.15) is 6.92 Å². The summed E-state index contributed by atoms with van der Waals surface area (Å²) < 4.78 is 4.63. The number of rotatable bonds is 4. The number of anilines is 1. The van der Waals surface area contributed by atoms with Gasteiger partial charge in [-0.25, -0.2) is 4.79 Å². The van der Waals surface area contributed by atoms with Crippen molar-refractivity contribution in [3.8, 4) is 0 Å². The molecule has 1 aromatic carbocycles. The van der Waals surface area contributed by atoms with Crippen LogP contribution in [0.3, 0.4) is 0 Å². The average molecular weight is 278 g/mol. The first kappa shape index (κ1) is 14.9. The lowest BCUT2D eigenvalue weighted by atomic mass is 10.3. The number of nitrogens with one attached hydrogen (secondary N) is 1. The Kier molecular flexibility index (Phi) is 5.48. The number of benzene rings is 1. The van der Waals surface area contributed by atoms with Gasteiger partial charge in [0.2, 0.25) is 5.84 Å². The lowest BCUT2D eigenvalue weighted by Gasteiger charge is -2.02.